The molecule has 0 saturated heterocycles. The zero-order valence-electron chi connectivity index (χ0n) is 6.90. The minimum absolute atomic E-state index is 0.0213. The molecule has 0 spiro atoms. The van der Waals surface area contributed by atoms with Crippen LogP contribution in [-0.4, -0.2) is 21.4 Å². The molecule has 0 bridgehead atoms. The number of nitrogens with one attached hydrogen (secondary N) is 1. The molecule has 0 aliphatic heterocycles. The number of rotatable bonds is 3. The molecule has 1 rings (SSSR count). The van der Waals surface area contributed by atoms with E-state index in [0.717, 1.165) is 6.20 Å². The van der Waals surface area contributed by atoms with Crippen LogP contribution in [-0.2, 0) is 0 Å². The van der Waals surface area contributed by atoms with Crippen LogP contribution in [0, 0.1) is 22.5 Å². The molecule has 0 fully saturated rings. The van der Waals surface area contributed by atoms with Crippen molar-refractivity contribution in [1.82, 2.24) is 9.97 Å². The summed E-state index contributed by atoms with van der Waals surface area (Å²) >= 11 is 5.46. The maximum Gasteiger partial charge on any atom is 0.329 e. The number of anilines is 1. The molecule has 1 aromatic heterocycles. The topological polar surface area (TPSA) is 81.0 Å². The van der Waals surface area contributed by atoms with Gasteiger partial charge in [-0.1, -0.05) is 5.92 Å². The van der Waals surface area contributed by atoms with Gasteiger partial charge >= 0.3 is 5.69 Å². The molecule has 7 heteroatoms. The lowest BCUT2D eigenvalue weighted by molar-refractivity contribution is -0.384. The summed E-state index contributed by atoms with van der Waals surface area (Å²) in [6.45, 7) is 0.133. The van der Waals surface area contributed by atoms with E-state index < -0.39 is 4.92 Å². The first-order chi connectivity index (χ1) is 6.65. The highest BCUT2D eigenvalue weighted by molar-refractivity contribution is 6.28. The number of terminal acetylenes is 1. The van der Waals surface area contributed by atoms with Crippen LogP contribution in [0.5, 0.6) is 0 Å². The van der Waals surface area contributed by atoms with Crippen LogP contribution < -0.4 is 5.32 Å². The van der Waals surface area contributed by atoms with Crippen molar-refractivity contribution in [1.29, 1.82) is 0 Å². The number of nitrogens with zero attached hydrogens (tertiary/aromatic N) is 3. The molecule has 6 nitrogen and oxygen atoms in total. The van der Waals surface area contributed by atoms with Crippen LogP contribution in [0.4, 0.5) is 11.5 Å². The van der Waals surface area contributed by atoms with Gasteiger partial charge in [0.05, 0.1) is 11.5 Å². The predicted octanol–water partition coefficient (Wildman–Crippen LogP) is 1.08. The first-order valence-electron chi connectivity index (χ1n) is 3.49. The van der Waals surface area contributed by atoms with Gasteiger partial charge in [0.2, 0.25) is 11.1 Å². The number of halogens is 1. The highest BCUT2D eigenvalue weighted by Gasteiger charge is 2.15. The van der Waals surface area contributed by atoms with E-state index in [0.29, 0.717) is 0 Å². The van der Waals surface area contributed by atoms with Gasteiger partial charge in [-0.05, 0) is 11.6 Å². The summed E-state index contributed by atoms with van der Waals surface area (Å²) in [6, 6.07) is 0. The van der Waals surface area contributed by atoms with Crippen LogP contribution in [0.25, 0.3) is 0 Å². The minimum atomic E-state index is -0.616. The predicted molar refractivity (Wildman–Crippen MR) is 51.0 cm³/mol. The second-order valence-corrected chi connectivity index (χ2v) is 2.53. The molecule has 1 heterocycles. The lowest BCUT2D eigenvalue weighted by atomic mass is 10.5. The van der Waals surface area contributed by atoms with Crippen LogP contribution in [0.2, 0.25) is 5.28 Å². The van der Waals surface area contributed by atoms with Gasteiger partial charge in [-0.25, -0.2) is 4.98 Å². The Balaban J connectivity index is 3.04. The summed E-state index contributed by atoms with van der Waals surface area (Å²) in [5.41, 5.74) is -0.260. The van der Waals surface area contributed by atoms with Crippen molar-refractivity contribution in [2.24, 2.45) is 0 Å². The summed E-state index contributed by atoms with van der Waals surface area (Å²) in [4.78, 5) is 17.0. The molecule has 14 heavy (non-hydrogen) atoms. The van der Waals surface area contributed by atoms with E-state index in [-0.39, 0.29) is 23.3 Å². The largest absolute Gasteiger partial charge is 0.353 e. The molecule has 0 unspecified atom stereocenters. The Morgan fingerprint density at radius 1 is 1.79 bits per heavy atom. The molecule has 1 aromatic rings. The first kappa shape index (κ1) is 10.2. The Bertz CT molecular complexity index is 401. The van der Waals surface area contributed by atoms with E-state index in [1.807, 2.05) is 0 Å². The Morgan fingerprint density at radius 2 is 2.50 bits per heavy atom. The average molecular weight is 213 g/mol. The Labute approximate surface area is 84.5 Å². The summed E-state index contributed by atoms with van der Waals surface area (Å²) < 4.78 is 0. The Morgan fingerprint density at radius 3 is 3.07 bits per heavy atom. The molecule has 1 N–H and O–H groups in total. The fourth-order valence-corrected chi connectivity index (χ4v) is 0.886. The van der Waals surface area contributed by atoms with Crippen molar-refractivity contribution >= 4 is 23.1 Å². The van der Waals surface area contributed by atoms with Crippen LogP contribution in [0.15, 0.2) is 6.20 Å². The summed E-state index contributed by atoms with van der Waals surface area (Å²) in [7, 11) is 0. The number of aromatic nitrogens is 2. The van der Waals surface area contributed by atoms with Crippen molar-refractivity contribution in [2.45, 2.75) is 0 Å². The van der Waals surface area contributed by atoms with Gasteiger partial charge in [-0.3, -0.25) is 10.1 Å². The lowest BCUT2D eigenvalue weighted by Gasteiger charge is -2.01. The molecule has 0 atom stereocenters. The minimum Gasteiger partial charge on any atom is -0.353 e. The van der Waals surface area contributed by atoms with E-state index in [2.05, 4.69) is 21.2 Å². The fourth-order valence-electron chi connectivity index (χ4n) is 0.752. The maximum atomic E-state index is 10.5. The Hall–Kier alpha value is -1.87. The van der Waals surface area contributed by atoms with Gasteiger partial charge < -0.3 is 5.32 Å². The Kier molecular flexibility index (Phi) is 3.20. The zero-order chi connectivity index (χ0) is 10.6. The SMILES string of the molecule is C#CCNc1nc(Cl)ncc1[N+](=O)[O-]. The van der Waals surface area contributed by atoms with Crippen LogP contribution in [0.1, 0.15) is 0 Å². The van der Waals surface area contributed by atoms with E-state index in [4.69, 9.17) is 18.0 Å². The smallest absolute Gasteiger partial charge is 0.329 e. The third-order valence-electron chi connectivity index (χ3n) is 1.29. The van der Waals surface area contributed by atoms with Crippen LogP contribution in [0.3, 0.4) is 0 Å². The van der Waals surface area contributed by atoms with E-state index in [1.165, 1.54) is 0 Å². The third-order valence-corrected chi connectivity index (χ3v) is 1.48. The van der Waals surface area contributed by atoms with Gasteiger partial charge in [0.15, 0.2) is 0 Å². The third kappa shape index (κ3) is 2.31. The maximum absolute atomic E-state index is 10.5. The number of hydrogen-bond donors (Lipinski definition) is 1. The van der Waals surface area contributed by atoms with Crippen molar-refractivity contribution in [3.8, 4) is 12.3 Å². The van der Waals surface area contributed by atoms with Gasteiger partial charge in [0.25, 0.3) is 0 Å². The second kappa shape index (κ2) is 4.39. The molecular formula is C7H5ClN4O2. The first-order valence-corrected chi connectivity index (χ1v) is 3.87. The van der Waals surface area contributed by atoms with Crippen molar-refractivity contribution in [3.63, 3.8) is 0 Å². The van der Waals surface area contributed by atoms with Crippen molar-refractivity contribution in [3.05, 3.63) is 21.6 Å². The summed E-state index contributed by atoms with van der Waals surface area (Å²) in [5.74, 6) is 2.29. The fraction of sp³-hybridized carbons (Fsp3) is 0.143. The van der Waals surface area contributed by atoms with E-state index in [9.17, 15) is 10.1 Å². The van der Waals surface area contributed by atoms with Crippen LogP contribution >= 0.6 is 11.6 Å². The summed E-state index contributed by atoms with van der Waals surface area (Å²) in [5, 5.41) is 13.0. The molecular weight excluding hydrogens is 208 g/mol. The molecule has 0 aliphatic rings. The average Bonchev–Trinajstić information content (AvgIpc) is 2.14. The highest BCUT2D eigenvalue weighted by atomic mass is 35.5. The number of hydrogen-bond acceptors (Lipinski definition) is 5. The molecule has 0 amide bonds. The highest BCUT2D eigenvalue weighted by Crippen LogP contribution is 2.21. The zero-order valence-corrected chi connectivity index (χ0v) is 7.65. The van der Waals surface area contributed by atoms with Gasteiger partial charge in [-0.15, -0.1) is 6.42 Å². The molecule has 0 saturated carbocycles. The normalized spacial score (nSPS) is 9.14. The molecule has 0 aliphatic carbocycles. The molecule has 0 radical (unpaired) electrons. The van der Waals surface area contributed by atoms with Crippen molar-refractivity contribution in [2.75, 3.05) is 11.9 Å². The van der Waals surface area contributed by atoms with Gasteiger partial charge in [-0.2, -0.15) is 4.98 Å². The molecule has 0 aromatic carbocycles. The summed E-state index contributed by atoms with van der Waals surface area (Å²) in [6.07, 6.45) is 6.00. The van der Waals surface area contributed by atoms with E-state index in [1.54, 1.807) is 0 Å². The monoisotopic (exact) mass is 212 g/mol. The van der Waals surface area contributed by atoms with Crippen molar-refractivity contribution < 1.29 is 4.92 Å². The number of nitro groups is 1. The van der Waals surface area contributed by atoms with E-state index >= 15 is 0 Å². The quantitative estimate of drug-likeness (QED) is 0.351. The molecule has 72 valence electrons. The van der Waals surface area contributed by atoms with Gasteiger partial charge in [0, 0.05) is 0 Å². The lowest BCUT2D eigenvalue weighted by Crippen LogP contribution is -2.05. The standard InChI is InChI=1S/C7H5ClN4O2/c1-2-3-9-6-5(12(13)14)4-10-7(8)11-6/h1,4H,3H2,(H,9,10,11). The second-order valence-electron chi connectivity index (χ2n) is 2.19. The van der Waals surface area contributed by atoms with Gasteiger partial charge in [0.1, 0.15) is 6.20 Å².